The molecule has 0 saturated carbocycles. The Bertz CT molecular complexity index is 1350. The van der Waals surface area contributed by atoms with E-state index < -0.39 is 0 Å². The Balaban J connectivity index is 1.23. The van der Waals surface area contributed by atoms with Crippen LogP contribution in [-0.2, 0) is 13.0 Å². The molecule has 38 heavy (non-hydrogen) atoms. The highest BCUT2D eigenvalue weighted by Gasteiger charge is 2.11. The lowest BCUT2D eigenvalue weighted by atomic mass is 10.1. The zero-order chi connectivity index (χ0) is 26.9. The molecular formula is C33H41N3O2. The number of carbonyl (C=O) groups excluding carboxylic acids is 1. The van der Waals surface area contributed by atoms with E-state index in [-0.39, 0.29) is 5.91 Å². The SMILES string of the molecule is Cc1cc(C)cc(OCCCCn2c(CCCCCNC(=O)c3ccc(C)cc3C)nc3ccccc32)c1. The fourth-order valence-corrected chi connectivity index (χ4v) is 5.09. The minimum atomic E-state index is 0.0193. The molecule has 0 fully saturated rings. The van der Waals surface area contributed by atoms with Gasteiger partial charge in [-0.2, -0.15) is 0 Å². The summed E-state index contributed by atoms with van der Waals surface area (Å²) in [6.45, 7) is 10.6. The van der Waals surface area contributed by atoms with Crippen LogP contribution in [0, 0.1) is 27.7 Å². The fourth-order valence-electron chi connectivity index (χ4n) is 5.09. The topological polar surface area (TPSA) is 56.1 Å². The number of fused-ring (bicyclic) bond motifs is 1. The molecule has 5 nitrogen and oxygen atoms in total. The number of carbonyl (C=O) groups is 1. The summed E-state index contributed by atoms with van der Waals surface area (Å²) in [7, 11) is 0. The van der Waals surface area contributed by atoms with Gasteiger partial charge in [0.05, 0.1) is 17.6 Å². The molecule has 0 radical (unpaired) electrons. The first-order valence-electron chi connectivity index (χ1n) is 13.9. The van der Waals surface area contributed by atoms with E-state index in [1.807, 2.05) is 26.0 Å². The molecule has 0 unspecified atom stereocenters. The highest BCUT2D eigenvalue weighted by Crippen LogP contribution is 2.20. The summed E-state index contributed by atoms with van der Waals surface area (Å²) >= 11 is 0. The van der Waals surface area contributed by atoms with Crippen LogP contribution < -0.4 is 10.1 Å². The van der Waals surface area contributed by atoms with Gasteiger partial charge in [-0.3, -0.25) is 4.79 Å². The number of nitrogens with zero attached hydrogens (tertiary/aromatic N) is 2. The van der Waals surface area contributed by atoms with Gasteiger partial charge in [-0.15, -0.1) is 0 Å². The van der Waals surface area contributed by atoms with Crippen molar-refractivity contribution >= 4 is 16.9 Å². The molecule has 1 aromatic heterocycles. The van der Waals surface area contributed by atoms with Gasteiger partial charge in [0.2, 0.25) is 0 Å². The Kier molecular flexibility index (Phi) is 9.58. The number of hydrogen-bond acceptors (Lipinski definition) is 3. The van der Waals surface area contributed by atoms with Gasteiger partial charge < -0.3 is 14.6 Å². The molecule has 0 bridgehead atoms. The lowest BCUT2D eigenvalue weighted by molar-refractivity contribution is 0.0952. The van der Waals surface area contributed by atoms with Gasteiger partial charge in [-0.1, -0.05) is 42.3 Å². The van der Waals surface area contributed by atoms with E-state index in [1.54, 1.807) is 0 Å². The number of nitrogens with one attached hydrogen (secondary N) is 1. The van der Waals surface area contributed by atoms with Crippen molar-refractivity contribution in [3.8, 4) is 5.75 Å². The molecule has 4 aromatic rings. The van der Waals surface area contributed by atoms with Crippen molar-refractivity contribution in [3.63, 3.8) is 0 Å². The maximum atomic E-state index is 12.5. The van der Waals surface area contributed by atoms with Gasteiger partial charge in [0, 0.05) is 25.1 Å². The summed E-state index contributed by atoms with van der Waals surface area (Å²) in [4.78, 5) is 17.4. The number of unbranched alkanes of at least 4 members (excludes halogenated alkanes) is 3. The summed E-state index contributed by atoms with van der Waals surface area (Å²) in [6, 6.07) is 20.7. The molecule has 0 saturated heterocycles. The first-order valence-corrected chi connectivity index (χ1v) is 13.9. The van der Waals surface area contributed by atoms with Crippen molar-refractivity contribution in [2.45, 2.75) is 72.8 Å². The standard InChI is InChI=1S/C33H41N3O2/c1-24-15-16-29(27(4)21-24)33(37)34-17-9-5-6-14-32-35-30-12-7-8-13-31(30)36(32)18-10-11-19-38-28-22-25(2)20-26(3)23-28/h7-8,12-13,15-16,20-23H,5-6,9-11,14,17-19H2,1-4H3,(H,34,37). The number of rotatable bonds is 13. The molecule has 200 valence electrons. The van der Waals surface area contributed by atoms with Crippen LogP contribution in [0.1, 0.15) is 70.5 Å². The van der Waals surface area contributed by atoms with E-state index in [0.717, 1.165) is 79.9 Å². The predicted octanol–water partition coefficient (Wildman–Crippen LogP) is 7.27. The number of benzene rings is 3. The van der Waals surface area contributed by atoms with E-state index in [9.17, 15) is 4.79 Å². The van der Waals surface area contributed by atoms with Crippen molar-refractivity contribution < 1.29 is 9.53 Å². The van der Waals surface area contributed by atoms with Crippen LogP contribution >= 0.6 is 0 Å². The maximum absolute atomic E-state index is 12.5. The molecule has 1 N–H and O–H groups in total. The lowest BCUT2D eigenvalue weighted by Gasteiger charge is -2.11. The summed E-state index contributed by atoms with van der Waals surface area (Å²) in [5.41, 5.74) is 7.71. The van der Waals surface area contributed by atoms with Crippen LogP contribution in [0.3, 0.4) is 0 Å². The van der Waals surface area contributed by atoms with E-state index in [2.05, 4.69) is 72.3 Å². The number of ether oxygens (including phenoxy) is 1. The molecule has 5 heteroatoms. The van der Waals surface area contributed by atoms with Gasteiger partial charge >= 0.3 is 0 Å². The first kappa shape index (κ1) is 27.4. The van der Waals surface area contributed by atoms with Crippen LogP contribution in [0.5, 0.6) is 5.75 Å². The smallest absolute Gasteiger partial charge is 0.251 e. The largest absolute Gasteiger partial charge is 0.494 e. The Labute approximate surface area is 227 Å². The van der Waals surface area contributed by atoms with E-state index >= 15 is 0 Å². The van der Waals surface area contributed by atoms with Gasteiger partial charge in [-0.05, 0) is 100 Å². The van der Waals surface area contributed by atoms with Crippen LogP contribution in [0.4, 0.5) is 0 Å². The van der Waals surface area contributed by atoms with Crippen LogP contribution in [0.25, 0.3) is 11.0 Å². The van der Waals surface area contributed by atoms with E-state index in [4.69, 9.17) is 9.72 Å². The summed E-state index contributed by atoms with van der Waals surface area (Å²) in [6.07, 6.45) is 6.06. The highest BCUT2D eigenvalue weighted by atomic mass is 16.5. The zero-order valence-corrected chi connectivity index (χ0v) is 23.3. The van der Waals surface area contributed by atoms with Crippen molar-refractivity contribution in [2.24, 2.45) is 0 Å². The molecule has 1 amide bonds. The predicted molar refractivity (Wildman–Crippen MR) is 156 cm³/mol. The average Bonchev–Trinajstić information content (AvgIpc) is 3.22. The van der Waals surface area contributed by atoms with Gasteiger partial charge in [-0.25, -0.2) is 4.98 Å². The van der Waals surface area contributed by atoms with Gasteiger partial charge in [0.15, 0.2) is 0 Å². The van der Waals surface area contributed by atoms with E-state index in [0.29, 0.717) is 6.54 Å². The monoisotopic (exact) mass is 511 g/mol. The van der Waals surface area contributed by atoms with E-state index in [1.165, 1.54) is 22.2 Å². The molecule has 3 aromatic carbocycles. The molecule has 0 atom stereocenters. The third-order valence-electron chi connectivity index (χ3n) is 6.96. The second-order valence-corrected chi connectivity index (χ2v) is 10.4. The van der Waals surface area contributed by atoms with Crippen LogP contribution in [0.2, 0.25) is 0 Å². The number of hydrogen-bond donors (Lipinski definition) is 1. The minimum Gasteiger partial charge on any atom is -0.494 e. The highest BCUT2D eigenvalue weighted by molar-refractivity contribution is 5.95. The Morgan fingerprint density at radius 2 is 1.63 bits per heavy atom. The fraction of sp³-hybridized carbons (Fsp3) is 0.394. The Morgan fingerprint density at radius 3 is 2.42 bits per heavy atom. The number of para-hydroxylation sites is 2. The third-order valence-corrected chi connectivity index (χ3v) is 6.96. The quantitative estimate of drug-likeness (QED) is 0.192. The number of aryl methyl sites for hydroxylation is 6. The average molecular weight is 512 g/mol. The summed E-state index contributed by atoms with van der Waals surface area (Å²) in [5.74, 6) is 2.13. The zero-order valence-electron chi connectivity index (χ0n) is 23.3. The maximum Gasteiger partial charge on any atom is 0.251 e. The Hall–Kier alpha value is -3.60. The third kappa shape index (κ3) is 7.47. The van der Waals surface area contributed by atoms with Crippen molar-refractivity contribution in [1.29, 1.82) is 0 Å². The van der Waals surface area contributed by atoms with Crippen molar-refractivity contribution in [2.75, 3.05) is 13.2 Å². The molecule has 0 aliphatic rings. The van der Waals surface area contributed by atoms with Gasteiger partial charge in [0.1, 0.15) is 11.6 Å². The normalized spacial score (nSPS) is 11.2. The second-order valence-electron chi connectivity index (χ2n) is 10.4. The van der Waals surface area contributed by atoms with Crippen LogP contribution in [0.15, 0.2) is 60.7 Å². The molecular weight excluding hydrogens is 470 g/mol. The minimum absolute atomic E-state index is 0.0193. The number of imidazole rings is 1. The summed E-state index contributed by atoms with van der Waals surface area (Å²) < 4.78 is 8.39. The Morgan fingerprint density at radius 1 is 0.842 bits per heavy atom. The van der Waals surface area contributed by atoms with Crippen molar-refractivity contribution in [1.82, 2.24) is 14.9 Å². The summed E-state index contributed by atoms with van der Waals surface area (Å²) in [5, 5.41) is 3.08. The van der Waals surface area contributed by atoms with Gasteiger partial charge in [0.25, 0.3) is 5.91 Å². The molecule has 1 heterocycles. The second kappa shape index (κ2) is 13.3. The number of aromatic nitrogens is 2. The van der Waals surface area contributed by atoms with Crippen LogP contribution in [-0.4, -0.2) is 28.6 Å². The first-order chi connectivity index (χ1) is 18.4. The van der Waals surface area contributed by atoms with Crippen molar-refractivity contribution in [3.05, 3.63) is 94.3 Å². The molecule has 0 aliphatic heterocycles. The molecule has 0 aliphatic carbocycles. The number of amides is 1. The molecule has 0 spiro atoms. The molecule has 4 rings (SSSR count). The lowest BCUT2D eigenvalue weighted by Crippen LogP contribution is -2.25.